The number of aryl methyl sites for hydroxylation is 1. The Bertz CT molecular complexity index is 1010. The van der Waals surface area contributed by atoms with Crippen LogP contribution in [0.2, 0.25) is 0 Å². The van der Waals surface area contributed by atoms with Gasteiger partial charge < -0.3 is 16.0 Å². The molecule has 3 heterocycles. The SMILES string of the molecule is CCCCNCCNc1ccn2ncc(C(=O)Nc3cn(C)nc3C(F)(F)F)c2n1. The Morgan fingerprint density at radius 2 is 2.03 bits per heavy atom. The Labute approximate surface area is 170 Å². The zero-order valence-electron chi connectivity index (χ0n) is 16.6. The fourth-order valence-corrected chi connectivity index (χ4v) is 2.81. The van der Waals surface area contributed by atoms with Crippen LogP contribution in [-0.4, -0.2) is 49.9 Å². The minimum Gasteiger partial charge on any atom is -0.369 e. The van der Waals surface area contributed by atoms with E-state index < -0.39 is 23.5 Å². The van der Waals surface area contributed by atoms with Crippen LogP contribution in [0.5, 0.6) is 0 Å². The van der Waals surface area contributed by atoms with E-state index >= 15 is 0 Å². The van der Waals surface area contributed by atoms with Crippen LogP contribution in [0.25, 0.3) is 5.65 Å². The van der Waals surface area contributed by atoms with Crippen molar-refractivity contribution < 1.29 is 18.0 Å². The fraction of sp³-hybridized carbons (Fsp3) is 0.444. The summed E-state index contributed by atoms with van der Waals surface area (Å²) in [7, 11) is 1.34. The van der Waals surface area contributed by atoms with Crippen LogP contribution < -0.4 is 16.0 Å². The molecular weight excluding hydrogens is 401 g/mol. The second-order valence-electron chi connectivity index (χ2n) is 6.69. The molecule has 30 heavy (non-hydrogen) atoms. The highest BCUT2D eigenvalue weighted by Crippen LogP contribution is 2.33. The van der Waals surface area contributed by atoms with E-state index in [1.807, 2.05) is 0 Å². The van der Waals surface area contributed by atoms with Gasteiger partial charge in [-0.15, -0.1) is 0 Å². The molecule has 3 aromatic rings. The van der Waals surface area contributed by atoms with E-state index in [2.05, 4.69) is 38.1 Å². The number of halogens is 3. The molecule has 0 radical (unpaired) electrons. The van der Waals surface area contributed by atoms with Crippen molar-refractivity contribution in [2.75, 3.05) is 30.3 Å². The third kappa shape index (κ3) is 5.06. The number of nitrogens with one attached hydrogen (secondary N) is 3. The van der Waals surface area contributed by atoms with Gasteiger partial charge in [-0.25, -0.2) is 9.50 Å². The number of amides is 1. The number of alkyl halides is 3. The zero-order valence-corrected chi connectivity index (χ0v) is 16.6. The molecule has 0 aliphatic heterocycles. The largest absolute Gasteiger partial charge is 0.437 e. The number of hydrogen-bond donors (Lipinski definition) is 3. The maximum Gasteiger partial charge on any atom is 0.437 e. The lowest BCUT2D eigenvalue weighted by Crippen LogP contribution is -2.23. The molecule has 0 aromatic carbocycles. The number of hydrogen-bond acceptors (Lipinski definition) is 6. The maximum atomic E-state index is 13.1. The van der Waals surface area contributed by atoms with E-state index in [-0.39, 0.29) is 11.2 Å². The average molecular weight is 424 g/mol. The molecule has 0 aliphatic rings. The molecule has 1 amide bonds. The van der Waals surface area contributed by atoms with Gasteiger partial charge >= 0.3 is 6.18 Å². The van der Waals surface area contributed by atoms with E-state index in [4.69, 9.17) is 0 Å². The maximum absolute atomic E-state index is 13.1. The summed E-state index contributed by atoms with van der Waals surface area (Å²) in [6.07, 6.45) is 1.51. The smallest absolute Gasteiger partial charge is 0.369 e. The van der Waals surface area contributed by atoms with Crippen molar-refractivity contribution >= 4 is 23.1 Å². The van der Waals surface area contributed by atoms with E-state index in [1.165, 1.54) is 17.8 Å². The summed E-state index contributed by atoms with van der Waals surface area (Å²) in [4.78, 5) is 17.0. The van der Waals surface area contributed by atoms with Crippen LogP contribution in [0, 0.1) is 0 Å². The molecule has 0 spiro atoms. The lowest BCUT2D eigenvalue weighted by molar-refractivity contribution is -0.140. The quantitative estimate of drug-likeness (QED) is 0.457. The molecule has 3 aromatic heterocycles. The van der Waals surface area contributed by atoms with Gasteiger partial charge in [0.15, 0.2) is 11.3 Å². The number of anilines is 2. The molecule has 3 N–H and O–H groups in total. The second-order valence-corrected chi connectivity index (χ2v) is 6.69. The summed E-state index contributed by atoms with van der Waals surface area (Å²) in [6, 6.07) is 1.70. The molecule has 0 unspecified atom stereocenters. The van der Waals surface area contributed by atoms with E-state index in [1.54, 1.807) is 12.3 Å². The van der Waals surface area contributed by atoms with Gasteiger partial charge in [0, 0.05) is 32.5 Å². The van der Waals surface area contributed by atoms with E-state index in [0.29, 0.717) is 12.4 Å². The number of fused-ring (bicyclic) bond motifs is 1. The van der Waals surface area contributed by atoms with Crippen molar-refractivity contribution in [3.05, 3.63) is 35.9 Å². The van der Waals surface area contributed by atoms with Crippen LogP contribution in [-0.2, 0) is 13.2 Å². The Balaban J connectivity index is 1.72. The van der Waals surface area contributed by atoms with E-state index in [0.717, 1.165) is 36.8 Å². The van der Waals surface area contributed by atoms with Crippen molar-refractivity contribution in [3.63, 3.8) is 0 Å². The standard InChI is InChI=1S/C18H23F3N8O/c1-3-4-6-22-7-8-23-14-5-9-29-16(26-14)12(10-24-29)17(30)25-13-11-28(2)27-15(13)18(19,20)21/h5,9-11,22H,3-4,6-8H2,1-2H3,(H,23,26)(H,25,30). The van der Waals surface area contributed by atoms with Crippen molar-refractivity contribution in [3.8, 4) is 0 Å². The lowest BCUT2D eigenvalue weighted by atomic mass is 10.3. The molecule has 12 heteroatoms. The van der Waals surface area contributed by atoms with Crippen molar-refractivity contribution in [2.24, 2.45) is 7.05 Å². The first kappa shape index (κ1) is 21.6. The number of unbranched alkanes of at least 4 members (excludes halogenated alkanes) is 1. The van der Waals surface area contributed by atoms with Crippen LogP contribution in [0.3, 0.4) is 0 Å². The summed E-state index contributed by atoms with van der Waals surface area (Å²) in [5.74, 6) is -0.221. The van der Waals surface area contributed by atoms with Gasteiger partial charge in [0.25, 0.3) is 5.91 Å². The molecule has 0 saturated carbocycles. The number of nitrogens with zero attached hydrogens (tertiary/aromatic N) is 5. The first-order valence-electron chi connectivity index (χ1n) is 9.50. The third-order valence-electron chi connectivity index (χ3n) is 4.27. The Morgan fingerprint density at radius 1 is 1.23 bits per heavy atom. The molecule has 3 rings (SSSR count). The van der Waals surface area contributed by atoms with Gasteiger partial charge in [-0.05, 0) is 19.0 Å². The van der Waals surface area contributed by atoms with Crippen LogP contribution in [0.15, 0.2) is 24.7 Å². The van der Waals surface area contributed by atoms with Crippen LogP contribution >= 0.6 is 0 Å². The van der Waals surface area contributed by atoms with Gasteiger partial charge in [0.2, 0.25) is 0 Å². The molecular formula is C18H23F3N8O. The third-order valence-corrected chi connectivity index (χ3v) is 4.27. The molecule has 0 saturated heterocycles. The molecule has 0 atom stereocenters. The van der Waals surface area contributed by atoms with E-state index in [9.17, 15) is 18.0 Å². The first-order chi connectivity index (χ1) is 14.3. The zero-order chi connectivity index (χ0) is 21.7. The highest BCUT2D eigenvalue weighted by Gasteiger charge is 2.37. The van der Waals surface area contributed by atoms with Gasteiger partial charge in [-0.3, -0.25) is 9.48 Å². The predicted molar refractivity (Wildman–Crippen MR) is 105 cm³/mol. The minimum atomic E-state index is -4.69. The predicted octanol–water partition coefficient (Wildman–Crippen LogP) is 2.54. The number of carbonyl (C=O) groups is 1. The van der Waals surface area contributed by atoms with Crippen molar-refractivity contribution in [2.45, 2.75) is 25.9 Å². The van der Waals surface area contributed by atoms with Gasteiger partial charge in [0.1, 0.15) is 11.4 Å². The highest BCUT2D eigenvalue weighted by atomic mass is 19.4. The molecule has 9 nitrogen and oxygen atoms in total. The summed E-state index contributed by atoms with van der Waals surface area (Å²) >= 11 is 0. The van der Waals surface area contributed by atoms with Crippen molar-refractivity contribution in [1.82, 2.24) is 29.7 Å². The Morgan fingerprint density at radius 3 is 2.77 bits per heavy atom. The molecule has 0 bridgehead atoms. The lowest BCUT2D eigenvalue weighted by Gasteiger charge is -2.08. The van der Waals surface area contributed by atoms with Gasteiger partial charge in [-0.1, -0.05) is 13.3 Å². The summed E-state index contributed by atoms with van der Waals surface area (Å²) in [5, 5.41) is 16.1. The summed E-state index contributed by atoms with van der Waals surface area (Å²) in [6.45, 7) is 4.44. The normalized spacial score (nSPS) is 11.8. The number of aromatic nitrogens is 5. The fourth-order valence-electron chi connectivity index (χ4n) is 2.81. The molecule has 162 valence electrons. The first-order valence-corrected chi connectivity index (χ1v) is 9.50. The highest BCUT2D eigenvalue weighted by molar-refractivity contribution is 6.08. The monoisotopic (exact) mass is 424 g/mol. The van der Waals surface area contributed by atoms with Crippen molar-refractivity contribution in [1.29, 1.82) is 0 Å². The Kier molecular flexibility index (Phi) is 6.55. The minimum absolute atomic E-state index is 0.0525. The number of rotatable bonds is 9. The van der Waals surface area contributed by atoms with Crippen LogP contribution in [0.4, 0.5) is 24.7 Å². The molecule has 0 aliphatic carbocycles. The second kappa shape index (κ2) is 9.11. The average Bonchev–Trinajstić information content (AvgIpc) is 3.27. The summed E-state index contributed by atoms with van der Waals surface area (Å²) in [5.41, 5.74) is -1.31. The summed E-state index contributed by atoms with van der Waals surface area (Å²) < 4.78 is 41.7. The van der Waals surface area contributed by atoms with Gasteiger partial charge in [0.05, 0.1) is 11.9 Å². The number of carbonyl (C=O) groups excluding carboxylic acids is 1. The molecule has 0 fully saturated rings. The Hall–Kier alpha value is -3.15. The van der Waals surface area contributed by atoms with Crippen LogP contribution in [0.1, 0.15) is 35.8 Å². The van der Waals surface area contributed by atoms with Gasteiger partial charge in [-0.2, -0.15) is 23.4 Å². The topological polar surface area (TPSA) is 101 Å².